The molecule has 0 aliphatic carbocycles. The van der Waals surface area contributed by atoms with E-state index < -0.39 is 5.97 Å². The molecule has 0 spiro atoms. The fourth-order valence-electron chi connectivity index (χ4n) is 1.78. The first-order chi connectivity index (χ1) is 7.67. The smallest absolute Gasteiger partial charge is 0.303 e. The Labute approximate surface area is 94.2 Å². The van der Waals surface area contributed by atoms with Crippen LogP contribution in [0, 0.1) is 0 Å². The molecule has 1 rings (SSSR count). The lowest BCUT2D eigenvalue weighted by Gasteiger charge is -2.19. The van der Waals surface area contributed by atoms with Gasteiger partial charge in [0.25, 0.3) is 0 Å². The molecule has 0 fully saturated rings. The summed E-state index contributed by atoms with van der Waals surface area (Å²) in [6.45, 7) is 1.24. The number of aliphatic hydroxyl groups is 2. The molecular formula is C10H18N2O4. The molecule has 1 unspecified atom stereocenters. The van der Waals surface area contributed by atoms with E-state index in [1.807, 2.05) is 4.90 Å². The fourth-order valence-corrected chi connectivity index (χ4v) is 1.78. The molecule has 0 bridgehead atoms. The van der Waals surface area contributed by atoms with Gasteiger partial charge in [0.2, 0.25) is 0 Å². The zero-order chi connectivity index (χ0) is 12.0. The van der Waals surface area contributed by atoms with E-state index >= 15 is 0 Å². The van der Waals surface area contributed by atoms with Gasteiger partial charge in [-0.3, -0.25) is 9.79 Å². The minimum Gasteiger partial charge on any atom is -0.481 e. The van der Waals surface area contributed by atoms with E-state index in [1.54, 1.807) is 0 Å². The lowest BCUT2D eigenvalue weighted by molar-refractivity contribution is -0.136. The van der Waals surface area contributed by atoms with Gasteiger partial charge in [-0.2, -0.15) is 0 Å². The minimum atomic E-state index is -0.850. The van der Waals surface area contributed by atoms with Crippen LogP contribution in [-0.4, -0.2) is 64.4 Å². The van der Waals surface area contributed by atoms with Crippen LogP contribution in [0.5, 0.6) is 0 Å². The van der Waals surface area contributed by atoms with Crippen LogP contribution in [-0.2, 0) is 4.79 Å². The summed E-state index contributed by atoms with van der Waals surface area (Å²) in [4.78, 5) is 16.7. The van der Waals surface area contributed by atoms with Crippen molar-refractivity contribution in [3.63, 3.8) is 0 Å². The molecule has 16 heavy (non-hydrogen) atoms. The molecule has 3 N–H and O–H groups in total. The maximum atomic E-state index is 10.5. The molecule has 0 aromatic heterocycles. The van der Waals surface area contributed by atoms with E-state index in [2.05, 4.69) is 4.99 Å². The molecule has 6 heteroatoms. The van der Waals surface area contributed by atoms with E-state index in [-0.39, 0.29) is 25.7 Å². The second kappa shape index (κ2) is 6.44. The Hall–Kier alpha value is -1.14. The van der Waals surface area contributed by atoms with Crippen LogP contribution < -0.4 is 0 Å². The fraction of sp³-hybridized carbons (Fsp3) is 0.800. The lowest BCUT2D eigenvalue weighted by Crippen LogP contribution is -2.32. The standard InChI is InChI=1S/C10H18N2O4/c13-5-3-8-7-12(4-6-14)9(11-8)1-2-10(15)16/h8,13-14H,1-7H2,(H,15,16). The van der Waals surface area contributed by atoms with Crippen molar-refractivity contribution < 1.29 is 20.1 Å². The van der Waals surface area contributed by atoms with Gasteiger partial charge in [-0.05, 0) is 6.42 Å². The summed E-state index contributed by atoms with van der Waals surface area (Å²) in [6.07, 6.45) is 1.02. The molecule has 0 aromatic carbocycles. The highest BCUT2D eigenvalue weighted by Crippen LogP contribution is 2.14. The number of carbonyl (C=O) groups is 1. The molecule has 1 atom stereocenters. The van der Waals surface area contributed by atoms with Gasteiger partial charge in [0, 0.05) is 26.1 Å². The number of carboxylic acid groups (broad SMARTS) is 1. The number of aliphatic imine (C=N–C) groups is 1. The summed E-state index contributed by atoms with van der Waals surface area (Å²) in [7, 11) is 0. The Kier molecular flexibility index (Phi) is 5.21. The summed E-state index contributed by atoms with van der Waals surface area (Å²) in [5.41, 5.74) is 0. The second-order valence-corrected chi connectivity index (χ2v) is 3.77. The van der Waals surface area contributed by atoms with Crippen LogP contribution in [0.2, 0.25) is 0 Å². The van der Waals surface area contributed by atoms with Crippen molar-refractivity contribution in [3.8, 4) is 0 Å². The first kappa shape index (κ1) is 12.9. The molecule has 1 aliphatic rings. The van der Waals surface area contributed by atoms with Gasteiger partial charge in [-0.25, -0.2) is 0 Å². The zero-order valence-electron chi connectivity index (χ0n) is 9.17. The molecule has 0 radical (unpaired) electrons. The van der Waals surface area contributed by atoms with Gasteiger partial charge in [-0.15, -0.1) is 0 Å². The largest absolute Gasteiger partial charge is 0.481 e. The third-order valence-electron chi connectivity index (χ3n) is 2.52. The highest BCUT2D eigenvalue weighted by Gasteiger charge is 2.24. The number of hydrogen-bond acceptors (Lipinski definition) is 5. The average molecular weight is 230 g/mol. The summed E-state index contributed by atoms with van der Waals surface area (Å²) in [5, 5.41) is 26.3. The zero-order valence-corrected chi connectivity index (χ0v) is 9.17. The predicted molar refractivity (Wildman–Crippen MR) is 58.5 cm³/mol. The van der Waals surface area contributed by atoms with Gasteiger partial charge in [0.1, 0.15) is 5.84 Å². The molecule has 0 amide bonds. The van der Waals surface area contributed by atoms with Crippen molar-refractivity contribution in [1.29, 1.82) is 0 Å². The number of nitrogens with zero attached hydrogens (tertiary/aromatic N) is 2. The van der Waals surface area contributed by atoms with Crippen molar-refractivity contribution in [3.05, 3.63) is 0 Å². The maximum absolute atomic E-state index is 10.5. The van der Waals surface area contributed by atoms with Crippen molar-refractivity contribution in [2.24, 2.45) is 4.99 Å². The van der Waals surface area contributed by atoms with Gasteiger partial charge in [0.15, 0.2) is 0 Å². The molecule has 0 aromatic rings. The van der Waals surface area contributed by atoms with E-state index in [0.29, 0.717) is 25.9 Å². The summed E-state index contributed by atoms with van der Waals surface area (Å²) >= 11 is 0. The highest BCUT2D eigenvalue weighted by molar-refractivity contribution is 5.86. The third kappa shape index (κ3) is 3.79. The van der Waals surface area contributed by atoms with E-state index in [0.717, 1.165) is 5.84 Å². The van der Waals surface area contributed by atoms with Crippen LogP contribution in [0.3, 0.4) is 0 Å². The Balaban J connectivity index is 2.52. The van der Waals surface area contributed by atoms with Crippen molar-refractivity contribution >= 4 is 11.8 Å². The van der Waals surface area contributed by atoms with Crippen LogP contribution >= 0.6 is 0 Å². The van der Waals surface area contributed by atoms with Crippen molar-refractivity contribution in [1.82, 2.24) is 4.90 Å². The first-order valence-corrected chi connectivity index (χ1v) is 5.42. The molecule has 1 heterocycles. The van der Waals surface area contributed by atoms with Crippen LogP contribution in [0.1, 0.15) is 19.3 Å². The lowest BCUT2D eigenvalue weighted by atomic mass is 10.2. The minimum absolute atomic E-state index is 0.0257. The summed E-state index contributed by atoms with van der Waals surface area (Å²) in [6, 6.07) is 0.0281. The third-order valence-corrected chi connectivity index (χ3v) is 2.52. The van der Waals surface area contributed by atoms with E-state index in [4.69, 9.17) is 15.3 Å². The predicted octanol–water partition coefficient (Wildman–Crippen LogP) is -0.691. The van der Waals surface area contributed by atoms with Gasteiger partial charge in [0.05, 0.1) is 19.1 Å². The number of amidine groups is 1. The monoisotopic (exact) mass is 230 g/mol. The SMILES string of the molecule is O=C(O)CCC1=NC(CCO)CN1CCO. The van der Waals surface area contributed by atoms with E-state index in [9.17, 15) is 4.79 Å². The van der Waals surface area contributed by atoms with Crippen molar-refractivity contribution in [2.75, 3.05) is 26.3 Å². The highest BCUT2D eigenvalue weighted by atomic mass is 16.4. The topological polar surface area (TPSA) is 93.4 Å². The number of rotatable bonds is 7. The van der Waals surface area contributed by atoms with Crippen molar-refractivity contribution in [2.45, 2.75) is 25.3 Å². The Morgan fingerprint density at radius 3 is 2.75 bits per heavy atom. The number of carboxylic acids is 1. The Morgan fingerprint density at radius 2 is 2.19 bits per heavy atom. The van der Waals surface area contributed by atoms with Gasteiger partial charge in [-0.1, -0.05) is 0 Å². The molecule has 6 nitrogen and oxygen atoms in total. The van der Waals surface area contributed by atoms with Gasteiger partial charge < -0.3 is 20.2 Å². The molecule has 0 saturated carbocycles. The van der Waals surface area contributed by atoms with Crippen LogP contribution in [0.15, 0.2) is 4.99 Å². The number of hydrogen-bond donors (Lipinski definition) is 3. The van der Waals surface area contributed by atoms with Crippen LogP contribution in [0.4, 0.5) is 0 Å². The second-order valence-electron chi connectivity index (χ2n) is 3.77. The quantitative estimate of drug-likeness (QED) is 0.538. The summed E-state index contributed by atoms with van der Waals surface area (Å²) < 4.78 is 0. The number of aliphatic hydroxyl groups excluding tert-OH is 2. The summed E-state index contributed by atoms with van der Waals surface area (Å²) in [5.74, 6) is -0.118. The Morgan fingerprint density at radius 1 is 1.44 bits per heavy atom. The average Bonchev–Trinajstić information content (AvgIpc) is 2.59. The number of β-amino-alcohol motifs (C(OH)–C–C–N with tert-alkyl or cyclic N) is 1. The Bertz CT molecular complexity index is 268. The molecule has 92 valence electrons. The molecule has 1 aliphatic heterocycles. The molecule has 0 saturated heterocycles. The normalized spacial score (nSPS) is 20.0. The number of aliphatic carboxylic acids is 1. The maximum Gasteiger partial charge on any atom is 0.303 e. The van der Waals surface area contributed by atoms with Crippen LogP contribution in [0.25, 0.3) is 0 Å². The van der Waals surface area contributed by atoms with Gasteiger partial charge >= 0.3 is 5.97 Å². The van der Waals surface area contributed by atoms with E-state index in [1.165, 1.54) is 0 Å². The first-order valence-electron chi connectivity index (χ1n) is 5.42. The molecular weight excluding hydrogens is 212 g/mol.